The summed E-state index contributed by atoms with van der Waals surface area (Å²) in [4.78, 5) is 27.8. The monoisotopic (exact) mass is 592 g/mol. The summed E-state index contributed by atoms with van der Waals surface area (Å²) in [6, 6.07) is 11.4. The first-order valence-electron chi connectivity index (χ1n) is 14.6. The molecule has 0 saturated heterocycles. The van der Waals surface area contributed by atoms with E-state index < -0.39 is 5.97 Å². The number of aromatic nitrogens is 1. The third-order valence-electron chi connectivity index (χ3n) is 8.54. The Bertz CT molecular complexity index is 1490. The van der Waals surface area contributed by atoms with Crippen LogP contribution in [0.15, 0.2) is 42.0 Å². The molecule has 0 bridgehead atoms. The Morgan fingerprint density at radius 2 is 1.86 bits per heavy atom. The summed E-state index contributed by atoms with van der Waals surface area (Å²) in [6.07, 6.45) is 7.73. The third-order valence-corrected chi connectivity index (χ3v) is 9.00. The number of rotatable bonds is 11. The zero-order chi connectivity index (χ0) is 29.8. The van der Waals surface area contributed by atoms with Crippen LogP contribution in [0, 0.1) is 0 Å². The molecule has 2 aliphatic rings. The maximum atomic E-state index is 13.7. The number of hydrogen-bond acceptors (Lipinski definition) is 7. The molecule has 1 amide bonds. The van der Waals surface area contributed by atoms with Gasteiger partial charge < -0.3 is 29.2 Å². The van der Waals surface area contributed by atoms with Gasteiger partial charge in [0.05, 0.1) is 37.1 Å². The number of carboxylic acid groups (broad SMARTS) is 1. The van der Waals surface area contributed by atoms with E-state index in [1.807, 2.05) is 38.4 Å². The van der Waals surface area contributed by atoms with Crippen LogP contribution in [0.2, 0.25) is 0 Å². The molecule has 5 rings (SSSR count). The van der Waals surface area contributed by atoms with Crippen LogP contribution in [0.5, 0.6) is 5.75 Å². The van der Waals surface area contributed by atoms with E-state index in [4.69, 9.17) is 9.29 Å². The highest BCUT2D eigenvalue weighted by Crippen LogP contribution is 2.47. The quantitative estimate of drug-likeness (QED) is 0.196. The van der Waals surface area contributed by atoms with Gasteiger partial charge in [-0.3, -0.25) is 4.79 Å². The lowest BCUT2D eigenvalue weighted by atomic mass is 9.81. The fourth-order valence-corrected chi connectivity index (χ4v) is 6.41. The van der Waals surface area contributed by atoms with Gasteiger partial charge >= 0.3 is 5.97 Å². The van der Waals surface area contributed by atoms with Crippen LogP contribution >= 0.6 is 12.2 Å². The van der Waals surface area contributed by atoms with Crippen molar-refractivity contribution < 1.29 is 24.0 Å². The van der Waals surface area contributed by atoms with E-state index >= 15 is 0 Å². The largest absolute Gasteiger partial charge is 0.497 e. The number of methoxy groups -OCH3 is 1. The standard InChI is InChI=1S/C32H40N4O5S/c1-34(15-16-35(2)42-40)14-13-33-31(37)24-17-23-18-25(41-3)10-12-26(23)30-29(21-7-5-4-6-8-21)27-11-9-22(32(38)39)19-28(27)36(30)20-24/h9-12,17-19,21,40H,4-8,13-16,20H2,1-3H3,(H,33,37)(H,38,39). The van der Waals surface area contributed by atoms with E-state index in [0.717, 1.165) is 47.1 Å². The first-order chi connectivity index (χ1) is 20.3. The lowest BCUT2D eigenvalue weighted by Gasteiger charge is -2.24. The summed E-state index contributed by atoms with van der Waals surface area (Å²) in [7, 11) is 5.45. The predicted octanol–water partition coefficient (Wildman–Crippen LogP) is 5.56. The van der Waals surface area contributed by atoms with Gasteiger partial charge in [0, 0.05) is 48.2 Å². The number of nitrogens with one attached hydrogen (secondary N) is 1. The van der Waals surface area contributed by atoms with Crippen molar-refractivity contribution in [3.8, 4) is 17.0 Å². The molecule has 0 atom stereocenters. The highest BCUT2D eigenvalue weighted by molar-refractivity contribution is 7.91. The molecule has 1 saturated carbocycles. The number of amides is 1. The molecular formula is C32H40N4O5S. The molecule has 0 radical (unpaired) electrons. The van der Waals surface area contributed by atoms with Gasteiger partial charge in [-0.25, -0.2) is 9.10 Å². The normalized spacial score (nSPS) is 15.3. The van der Waals surface area contributed by atoms with Gasteiger partial charge in [-0.15, -0.1) is 0 Å². The second-order valence-electron chi connectivity index (χ2n) is 11.3. The fraction of sp³-hybridized carbons (Fsp3) is 0.438. The third kappa shape index (κ3) is 6.36. The number of nitrogens with zero attached hydrogens (tertiary/aromatic N) is 3. The number of ether oxygens (including phenoxy) is 1. The molecule has 42 heavy (non-hydrogen) atoms. The second kappa shape index (κ2) is 13.3. The van der Waals surface area contributed by atoms with E-state index in [2.05, 4.69) is 20.9 Å². The molecule has 10 heteroatoms. The summed E-state index contributed by atoms with van der Waals surface area (Å²) < 4.78 is 18.6. The van der Waals surface area contributed by atoms with Crippen molar-refractivity contribution in [3.63, 3.8) is 0 Å². The van der Waals surface area contributed by atoms with Crippen molar-refractivity contribution in [2.75, 3.05) is 47.4 Å². The number of carboxylic acids is 1. The Kier molecular flexibility index (Phi) is 9.57. The van der Waals surface area contributed by atoms with E-state index in [1.54, 1.807) is 23.5 Å². The highest BCUT2D eigenvalue weighted by Gasteiger charge is 2.30. The summed E-state index contributed by atoms with van der Waals surface area (Å²) in [5, 5.41) is 14.0. The minimum absolute atomic E-state index is 0.150. The number of likely N-dealkylation sites (N-methyl/N-ethyl adjacent to an activating group) is 2. The molecule has 1 fully saturated rings. The van der Waals surface area contributed by atoms with Crippen molar-refractivity contribution in [1.29, 1.82) is 0 Å². The zero-order valence-corrected chi connectivity index (χ0v) is 25.4. The number of fused-ring (bicyclic) bond motifs is 5. The van der Waals surface area contributed by atoms with Crippen LogP contribution in [0.1, 0.15) is 59.5 Å². The van der Waals surface area contributed by atoms with Crippen molar-refractivity contribution in [1.82, 2.24) is 19.1 Å². The van der Waals surface area contributed by atoms with Crippen molar-refractivity contribution >= 4 is 41.1 Å². The molecule has 224 valence electrons. The van der Waals surface area contributed by atoms with E-state index in [1.165, 1.54) is 24.8 Å². The minimum atomic E-state index is -0.966. The number of benzene rings is 2. The van der Waals surface area contributed by atoms with Crippen molar-refractivity contribution in [2.45, 2.75) is 44.6 Å². The van der Waals surface area contributed by atoms with Crippen LogP contribution in [0.4, 0.5) is 0 Å². The molecule has 0 unspecified atom stereocenters. The Morgan fingerprint density at radius 3 is 2.57 bits per heavy atom. The van der Waals surface area contributed by atoms with Crippen LogP contribution in [-0.2, 0) is 11.3 Å². The summed E-state index contributed by atoms with van der Waals surface area (Å²) >= 11 is 0.707. The van der Waals surface area contributed by atoms with Crippen LogP contribution < -0.4 is 10.1 Å². The lowest BCUT2D eigenvalue weighted by molar-refractivity contribution is -0.117. The first kappa shape index (κ1) is 30.2. The van der Waals surface area contributed by atoms with E-state index in [0.29, 0.717) is 55.6 Å². The van der Waals surface area contributed by atoms with Crippen LogP contribution in [0.3, 0.4) is 0 Å². The molecule has 1 aliphatic heterocycles. The van der Waals surface area contributed by atoms with Gasteiger partial charge in [0.25, 0.3) is 0 Å². The van der Waals surface area contributed by atoms with Gasteiger partial charge in [-0.2, -0.15) is 0 Å². The lowest BCUT2D eigenvalue weighted by Crippen LogP contribution is -2.36. The Balaban J connectivity index is 1.54. The molecule has 2 aromatic carbocycles. The molecule has 0 spiro atoms. The average Bonchev–Trinajstić information content (AvgIpc) is 3.22. The average molecular weight is 593 g/mol. The van der Waals surface area contributed by atoms with E-state index in [9.17, 15) is 14.7 Å². The maximum Gasteiger partial charge on any atom is 0.335 e. The molecular weight excluding hydrogens is 552 g/mol. The van der Waals surface area contributed by atoms with Gasteiger partial charge in [-0.05, 0) is 80.4 Å². The zero-order valence-electron chi connectivity index (χ0n) is 24.6. The van der Waals surface area contributed by atoms with Gasteiger partial charge in [-0.1, -0.05) is 25.3 Å². The fourth-order valence-electron chi connectivity index (χ4n) is 6.25. The van der Waals surface area contributed by atoms with Crippen LogP contribution in [0.25, 0.3) is 28.2 Å². The van der Waals surface area contributed by atoms with Crippen molar-refractivity contribution in [3.05, 3.63) is 58.7 Å². The summed E-state index contributed by atoms with van der Waals surface area (Å²) in [5.74, 6) is -0.0259. The maximum absolute atomic E-state index is 13.7. The topological polar surface area (TPSA) is 107 Å². The molecule has 3 aromatic rings. The number of carbonyl (C=O) groups excluding carboxylic acids is 1. The molecule has 9 nitrogen and oxygen atoms in total. The number of aromatic carboxylic acids is 1. The Morgan fingerprint density at radius 1 is 1.07 bits per heavy atom. The Hall–Kier alpha value is -3.31. The molecule has 1 aliphatic carbocycles. The van der Waals surface area contributed by atoms with Gasteiger partial charge in [0.1, 0.15) is 5.75 Å². The number of carbonyl (C=O) groups is 2. The summed E-state index contributed by atoms with van der Waals surface area (Å²) in [6.45, 7) is 2.92. The van der Waals surface area contributed by atoms with Crippen LogP contribution in [-0.4, -0.2) is 82.7 Å². The number of hydrogen-bond donors (Lipinski definition) is 3. The smallest absolute Gasteiger partial charge is 0.335 e. The van der Waals surface area contributed by atoms with Crippen molar-refractivity contribution in [2.24, 2.45) is 0 Å². The highest BCUT2D eigenvalue weighted by atomic mass is 32.2. The first-order valence-corrected chi connectivity index (χ1v) is 15.3. The van der Waals surface area contributed by atoms with Gasteiger partial charge in [0.2, 0.25) is 5.91 Å². The molecule has 2 heterocycles. The minimum Gasteiger partial charge on any atom is -0.497 e. The summed E-state index contributed by atoms with van der Waals surface area (Å²) in [5.41, 5.74) is 5.96. The van der Waals surface area contributed by atoms with E-state index in [-0.39, 0.29) is 11.5 Å². The second-order valence-corrected chi connectivity index (χ2v) is 12.1. The SMILES string of the molecule is COc1ccc2c(c1)C=C(C(=O)NCCN(C)CCN(C)SO)Cn1c-2c(C2CCCCC2)c2ccc(C(=O)O)cc21. The Labute approximate surface area is 251 Å². The molecule has 1 aromatic heterocycles. The predicted molar refractivity (Wildman–Crippen MR) is 168 cm³/mol. The van der Waals surface area contributed by atoms with Gasteiger partial charge in [0.15, 0.2) is 0 Å². The molecule has 3 N–H and O–H groups in total.